The van der Waals surface area contributed by atoms with E-state index in [1.807, 2.05) is 0 Å². The summed E-state index contributed by atoms with van der Waals surface area (Å²) in [4.78, 5) is 12.5. The maximum absolute atomic E-state index is 12.5. The van der Waals surface area contributed by atoms with E-state index in [0.29, 0.717) is 23.1 Å². The first kappa shape index (κ1) is 17.0. The maximum atomic E-state index is 12.5. The summed E-state index contributed by atoms with van der Waals surface area (Å²) < 4.78 is 34.7. The molecule has 3 rings (SSSR count). The molecule has 0 spiro atoms. The highest BCUT2D eigenvalue weighted by Crippen LogP contribution is 2.47. The fourth-order valence-electron chi connectivity index (χ4n) is 4.06. The van der Waals surface area contributed by atoms with Crippen molar-refractivity contribution >= 4 is 5.91 Å². The third-order valence-electron chi connectivity index (χ3n) is 5.22. The lowest BCUT2D eigenvalue weighted by Gasteiger charge is -2.27. The highest BCUT2D eigenvalue weighted by atomic mass is 19.3. The molecule has 7 heteroatoms. The van der Waals surface area contributed by atoms with Crippen molar-refractivity contribution in [3.8, 4) is 11.5 Å². The molecule has 4 atom stereocenters. The quantitative estimate of drug-likeness (QED) is 0.833. The van der Waals surface area contributed by atoms with Crippen LogP contribution in [0.15, 0.2) is 18.2 Å². The van der Waals surface area contributed by atoms with Crippen LogP contribution in [0.4, 0.5) is 8.78 Å². The molecule has 2 aliphatic carbocycles. The molecule has 0 aromatic heterocycles. The summed E-state index contributed by atoms with van der Waals surface area (Å²) in [5, 5.41) is 2.82. The first-order valence-electron chi connectivity index (χ1n) is 8.14. The van der Waals surface area contributed by atoms with Crippen molar-refractivity contribution < 1.29 is 23.0 Å². The van der Waals surface area contributed by atoms with Crippen LogP contribution in [0.3, 0.4) is 0 Å². The molecule has 24 heavy (non-hydrogen) atoms. The van der Waals surface area contributed by atoms with Crippen molar-refractivity contribution in [2.24, 2.45) is 23.5 Å². The molecule has 4 unspecified atom stereocenters. The van der Waals surface area contributed by atoms with Crippen molar-refractivity contribution in [2.45, 2.75) is 38.5 Å². The molecule has 2 saturated carbocycles. The molecule has 0 radical (unpaired) electrons. The fraction of sp³-hybridized carbons (Fsp3) is 0.588. The standard InChI is InChI=1S/C17H22F2N2O3/c1-23-12-4-5-13(24-17(18)19)11(7-12)8-21-16(22)14-9-2-3-10(6-9)15(14)20/h4-5,7,9-10,14-15,17H,2-3,6,8,20H2,1H3,(H,21,22). The Balaban J connectivity index is 1.68. The lowest BCUT2D eigenvalue weighted by molar-refractivity contribution is -0.127. The van der Waals surface area contributed by atoms with Gasteiger partial charge in [-0.1, -0.05) is 0 Å². The molecular formula is C17H22F2N2O3. The van der Waals surface area contributed by atoms with Gasteiger partial charge >= 0.3 is 6.61 Å². The molecule has 2 aliphatic rings. The van der Waals surface area contributed by atoms with Crippen molar-refractivity contribution in [3.63, 3.8) is 0 Å². The van der Waals surface area contributed by atoms with Crippen LogP contribution < -0.4 is 20.5 Å². The number of methoxy groups -OCH3 is 1. The number of benzene rings is 1. The number of nitrogens with one attached hydrogen (secondary N) is 1. The second kappa shape index (κ2) is 6.93. The van der Waals surface area contributed by atoms with Crippen molar-refractivity contribution in [3.05, 3.63) is 23.8 Å². The van der Waals surface area contributed by atoms with Gasteiger partial charge in [0.1, 0.15) is 11.5 Å². The van der Waals surface area contributed by atoms with Gasteiger partial charge < -0.3 is 20.5 Å². The number of fused-ring (bicyclic) bond motifs is 2. The predicted octanol–water partition coefficient (Wildman–Crippen LogP) is 2.29. The van der Waals surface area contributed by atoms with Gasteiger partial charge in [-0.15, -0.1) is 0 Å². The molecule has 1 aromatic rings. The maximum Gasteiger partial charge on any atom is 0.387 e. The lowest BCUT2D eigenvalue weighted by atomic mass is 9.84. The van der Waals surface area contributed by atoms with E-state index in [1.165, 1.54) is 19.2 Å². The minimum absolute atomic E-state index is 0.0309. The summed E-state index contributed by atoms with van der Waals surface area (Å²) in [5.74, 6) is 1.02. The zero-order valence-electron chi connectivity index (χ0n) is 13.5. The van der Waals surface area contributed by atoms with E-state index < -0.39 is 6.61 Å². The average molecular weight is 340 g/mol. The van der Waals surface area contributed by atoms with Gasteiger partial charge in [0.2, 0.25) is 5.91 Å². The van der Waals surface area contributed by atoms with E-state index in [9.17, 15) is 13.6 Å². The highest BCUT2D eigenvalue weighted by Gasteiger charge is 2.48. The summed E-state index contributed by atoms with van der Waals surface area (Å²) in [6.07, 6.45) is 3.14. The largest absolute Gasteiger partial charge is 0.497 e. The highest BCUT2D eigenvalue weighted by molar-refractivity contribution is 5.80. The van der Waals surface area contributed by atoms with Gasteiger partial charge in [0.15, 0.2) is 0 Å². The number of carbonyl (C=O) groups is 1. The fourth-order valence-corrected chi connectivity index (χ4v) is 4.06. The lowest BCUT2D eigenvalue weighted by Crippen LogP contribution is -2.45. The van der Waals surface area contributed by atoms with E-state index in [4.69, 9.17) is 10.5 Å². The Morgan fingerprint density at radius 1 is 1.38 bits per heavy atom. The van der Waals surface area contributed by atoms with Gasteiger partial charge in [-0.2, -0.15) is 8.78 Å². The van der Waals surface area contributed by atoms with Gasteiger partial charge in [0.05, 0.1) is 13.0 Å². The number of nitrogens with two attached hydrogens (primary N) is 1. The number of hydrogen-bond donors (Lipinski definition) is 2. The molecular weight excluding hydrogens is 318 g/mol. The van der Waals surface area contributed by atoms with Gasteiger partial charge in [0, 0.05) is 18.2 Å². The number of carbonyl (C=O) groups excluding carboxylic acids is 1. The summed E-state index contributed by atoms with van der Waals surface area (Å²) in [6.45, 7) is -2.83. The summed E-state index contributed by atoms with van der Waals surface area (Å²) in [5.41, 5.74) is 6.61. The average Bonchev–Trinajstić information content (AvgIpc) is 3.14. The Morgan fingerprint density at radius 3 is 2.75 bits per heavy atom. The Kier molecular flexibility index (Phi) is 4.89. The molecule has 1 aromatic carbocycles. The van der Waals surface area contributed by atoms with Crippen LogP contribution >= 0.6 is 0 Å². The molecule has 2 fully saturated rings. The van der Waals surface area contributed by atoms with Crippen LogP contribution in [-0.2, 0) is 11.3 Å². The van der Waals surface area contributed by atoms with Crippen LogP contribution in [-0.4, -0.2) is 25.7 Å². The SMILES string of the molecule is COc1ccc(OC(F)F)c(CNC(=O)C2C3CCC(C3)C2N)c1. The zero-order valence-corrected chi connectivity index (χ0v) is 13.5. The van der Waals surface area contributed by atoms with Crippen molar-refractivity contribution in [2.75, 3.05) is 7.11 Å². The van der Waals surface area contributed by atoms with E-state index in [2.05, 4.69) is 10.1 Å². The summed E-state index contributed by atoms with van der Waals surface area (Å²) in [6, 6.07) is 4.43. The van der Waals surface area contributed by atoms with Gasteiger partial charge in [-0.25, -0.2) is 0 Å². The van der Waals surface area contributed by atoms with Crippen molar-refractivity contribution in [1.29, 1.82) is 0 Å². The predicted molar refractivity (Wildman–Crippen MR) is 83.8 cm³/mol. The van der Waals surface area contributed by atoms with E-state index >= 15 is 0 Å². The van der Waals surface area contributed by atoms with E-state index in [1.54, 1.807) is 6.07 Å². The number of halogens is 2. The second-order valence-corrected chi connectivity index (χ2v) is 6.51. The number of amides is 1. The first-order valence-corrected chi connectivity index (χ1v) is 8.14. The van der Waals surface area contributed by atoms with Crippen molar-refractivity contribution in [1.82, 2.24) is 5.32 Å². The molecule has 2 bridgehead atoms. The minimum atomic E-state index is -2.92. The Labute approximate surface area is 139 Å². The molecule has 5 nitrogen and oxygen atoms in total. The van der Waals surface area contributed by atoms with E-state index in [-0.39, 0.29) is 30.2 Å². The number of rotatable bonds is 6. The zero-order chi connectivity index (χ0) is 17.3. The minimum Gasteiger partial charge on any atom is -0.497 e. The number of alkyl halides is 2. The number of hydrogen-bond acceptors (Lipinski definition) is 4. The van der Waals surface area contributed by atoms with Gasteiger partial charge in [0.25, 0.3) is 0 Å². The Bertz CT molecular complexity index is 609. The third kappa shape index (κ3) is 3.31. The van der Waals surface area contributed by atoms with E-state index in [0.717, 1.165) is 19.3 Å². The summed E-state index contributed by atoms with van der Waals surface area (Å²) >= 11 is 0. The Hall–Kier alpha value is -1.89. The molecule has 0 aliphatic heterocycles. The van der Waals surface area contributed by atoms with Crippen LogP contribution in [0.5, 0.6) is 11.5 Å². The normalized spacial score (nSPS) is 28.2. The van der Waals surface area contributed by atoms with Crippen LogP contribution in [0.1, 0.15) is 24.8 Å². The first-order chi connectivity index (χ1) is 11.5. The van der Waals surface area contributed by atoms with Crippen LogP contribution in [0, 0.1) is 17.8 Å². The smallest absolute Gasteiger partial charge is 0.387 e. The summed E-state index contributed by atoms with van der Waals surface area (Å²) in [7, 11) is 1.49. The monoisotopic (exact) mass is 340 g/mol. The van der Waals surface area contributed by atoms with Gasteiger partial charge in [-0.05, 0) is 49.3 Å². The van der Waals surface area contributed by atoms with Gasteiger partial charge in [-0.3, -0.25) is 4.79 Å². The third-order valence-corrected chi connectivity index (χ3v) is 5.22. The molecule has 3 N–H and O–H groups in total. The van der Waals surface area contributed by atoms with Crippen LogP contribution in [0.25, 0.3) is 0 Å². The molecule has 1 amide bonds. The molecule has 0 heterocycles. The molecule has 132 valence electrons. The number of ether oxygens (including phenoxy) is 2. The topological polar surface area (TPSA) is 73.6 Å². The second-order valence-electron chi connectivity index (χ2n) is 6.51. The molecule has 0 saturated heterocycles. The van der Waals surface area contributed by atoms with Crippen LogP contribution in [0.2, 0.25) is 0 Å². The Morgan fingerprint density at radius 2 is 2.12 bits per heavy atom.